The summed E-state index contributed by atoms with van der Waals surface area (Å²) in [4.78, 5) is 15.3. The Morgan fingerprint density at radius 1 is 1.13 bits per heavy atom. The molecule has 4 unspecified atom stereocenters. The summed E-state index contributed by atoms with van der Waals surface area (Å²) in [6, 6.07) is -0.163. The van der Waals surface area contributed by atoms with Crippen molar-refractivity contribution >= 4 is 5.97 Å². The first-order valence-electron chi connectivity index (χ1n) is 14.3. The van der Waals surface area contributed by atoms with E-state index >= 15 is 0 Å². The Morgan fingerprint density at radius 2 is 1.77 bits per heavy atom. The van der Waals surface area contributed by atoms with Gasteiger partial charge < -0.3 is 38.8 Å². The van der Waals surface area contributed by atoms with Gasteiger partial charge in [0, 0.05) is 25.5 Å². The second kappa shape index (κ2) is 12.2. The standard InChI is InChI=1S/C30H51NO8/c1-12-22-29(7)14-16(2)25(39-29)17(3)15-30(8,35-11)26(19(5)23(32)20(6)27(34)37-22)38-28-24(33)21(31(9)10)13-18(4)36-28/h14,18-24,26,28,32-33H,12-13,15H2,1-11H3/t18?,19-,20+,21?,22+,23-,24?,26+,28?,29+,30+/m0/s1. The average molecular weight is 554 g/mol. The van der Waals surface area contributed by atoms with E-state index in [0.717, 1.165) is 16.9 Å². The van der Waals surface area contributed by atoms with Crippen LogP contribution >= 0.6 is 0 Å². The Balaban J connectivity index is 2.10. The van der Waals surface area contributed by atoms with Gasteiger partial charge in [-0.15, -0.1) is 0 Å². The summed E-state index contributed by atoms with van der Waals surface area (Å²) in [6.07, 6.45) is -0.728. The number of ether oxygens (including phenoxy) is 5. The second-order valence-electron chi connectivity index (χ2n) is 12.5. The number of nitrogens with zero attached hydrogens (tertiary/aromatic N) is 1. The lowest BCUT2D eigenvalue weighted by molar-refractivity contribution is -0.300. The number of aliphatic hydroxyl groups is 2. The van der Waals surface area contributed by atoms with Crippen LogP contribution in [0, 0.1) is 11.8 Å². The second-order valence-corrected chi connectivity index (χ2v) is 12.5. The van der Waals surface area contributed by atoms with Crippen LogP contribution in [0.1, 0.15) is 74.7 Å². The molecule has 2 bridgehead atoms. The molecule has 0 aromatic carbocycles. The number of hydrogen-bond donors (Lipinski definition) is 2. The Hall–Kier alpha value is -1.49. The Bertz CT molecular complexity index is 949. The molecule has 1 saturated heterocycles. The smallest absolute Gasteiger partial charge is 0.311 e. The van der Waals surface area contributed by atoms with Crippen LogP contribution in [0.5, 0.6) is 0 Å². The van der Waals surface area contributed by atoms with E-state index in [1.165, 1.54) is 0 Å². The maximum atomic E-state index is 13.3. The first-order chi connectivity index (χ1) is 18.1. The lowest BCUT2D eigenvalue weighted by atomic mass is 9.78. The van der Waals surface area contributed by atoms with E-state index in [1.807, 2.05) is 73.5 Å². The fraction of sp³-hybridized carbons (Fsp3) is 0.833. The molecule has 0 spiro atoms. The number of methoxy groups -OCH3 is 1. The molecule has 3 aliphatic rings. The molecule has 224 valence electrons. The van der Waals surface area contributed by atoms with Crippen molar-refractivity contribution < 1.29 is 38.7 Å². The maximum Gasteiger partial charge on any atom is 0.311 e. The first-order valence-corrected chi connectivity index (χ1v) is 14.3. The molecular formula is C30H51NO8. The van der Waals surface area contributed by atoms with Crippen LogP contribution in [0.4, 0.5) is 0 Å². The summed E-state index contributed by atoms with van der Waals surface area (Å²) in [6.45, 7) is 15.3. The molecule has 0 saturated carbocycles. The van der Waals surface area contributed by atoms with Crippen LogP contribution in [0.25, 0.3) is 0 Å². The average Bonchev–Trinajstić information content (AvgIpc) is 3.19. The van der Waals surface area contributed by atoms with Crippen LogP contribution < -0.4 is 0 Å². The maximum absolute atomic E-state index is 13.3. The molecule has 9 nitrogen and oxygen atoms in total. The van der Waals surface area contributed by atoms with Gasteiger partial charge in [0.15, 0.2) is 11.9 Å². The predicted octanol–water partition coefficient (Wildman–Crippen LogP) is 3.57. The highest BCUT2D eigenvalue weighted by Crippen LogP contribution is 2.43. The van der Waals surface area contributed by atoms with E-state index in [-0.39, 0.29) is 12.1 Å². The molecule has 0 radical (unpaired) electrons. The van der Waals surface area contributed by atoms with Crippen LogP contribution in [0.15, 0.2) is 23.0 Å². The van der Waals surface area contributed by atoms with Gasteiger partial charge in [-0.2, -0.15) is 0 Å². The topological polar surface area (TPSA) is 107 Å². The summed E-state index contributed by atoms with van der Waals surface area (Å²) >= 11 is 0. The minimum absolute atomic E-state index is 0.143. The molecule has 9 heteroatoms. The number of aliphatic hydroxyl groups excluding tert-OH is 2. The zero-order valence-electron chi connectivity index (χ0n) is 25.7. The molecule has 0 aromatic rings. The molecule has 1 fully saturated rings. The van der Waals surface area contributed by atoms with E-state index < -0.39 is 59.7 Å². The van der Waals surface area contributed by atoms with E-state index in [4.69, 9.17) is 23.7 Å². The number of likely N-dealkylation sites (N-methyl/N-ethyl adjacent to an activating group) is 1. The van der Waals surface area contributed by atoms with Gasteiger partial charge in [-0.25, -0.2) is 0 Å². The van der Waals surface area contributed by atoms with Gasteiger partial charge in [-0.1, -0.05) is 13.8 Å². The zero-order valence-corrected chi connectivity index (χ0v) is 25.7. The zero-order chi connectivity index (χ0) is 29.4. The number of carbonyl (C=O) groups excluding carboxylic acids is 1. The van der Waals surface area contributed by atoms with Gasteiger partial charge in [0.05, 0.1) is 29.8 Å². The molecule has 39 heavy (non-hydrogen) atoms. The number of esters is 1. The third-order valence-electron chi connectivity index (χ3n) is 8.98. The lowest BCUT2D eigenvalue weighted by Gasteiger charge is -2.47. The van der Waals surface area contributed by atoms with Crippen molar-refractivity contribution in [3.63, 3.8) is 0 Å². The van der Waals surface area contributed by atoms with Crippen molar-refractivity contribution in [3.8, 4) is 0 Å². The number of fused-ring (bicyclic) bond motifs is 2. The third-order valence-corrected chi connectivity index (χ3v) is 8.98. The van der Waals surface area contributed by atoms with Crippen molar-refractivity contribution in [1.29, 1.82) is 0 Å². The Kier molecular flexibility index (Phi) is 9.99. The predicted molar refractivity (Wildman–Crippen MR) is 148 cm³/mol. The van der Waals surface area contributed by atoms with Crippen molar-refractivity contribution in [2.75, 3.05) is 21.2 Å². The summed E-state index contributed by atoms with van der Waals surface area (Å²) in [5.41, 5.74) is 0.128. The first kappa shape index (κ1) is 32.0. The number of hydrogen-bond acceptors (Lipinski definition) is 9. The van der Waals surface area contributed by atoms with Crippen molar-refractivity contribution in [2.24, 2.45) is 11.8 Å². The fourth-order valence-corrected chi connectivity index (χ4v) is 6.55. The Labute approximate surface area is 234 Å². The summed E-state index contributed by atoms with van der Waals surface area (Å²) < 4.78 is 31.3. The number of carbonyl (C=O) groups is 1. The van der Waals surface area contributed by atoms with Gasteiger partial charge in [0.1, 0.15) is 18.0 Å². The Morgan fingerprint density at radius 3 is 2.33 bits per heavy atom. The minimum Gasteiger partial charge on any atom is -0.479 e. The lowest BCUT2D eigenvalue weighted by Crippen LogP contribution is -2.59. The van der Waals surface area contributed by atoms with Gasteiger partial charge in [0.25, 0.3) is 0 Å². The number of cyclic esters (lactones) is 1. The quantitative estimate of drug-likeness (QED) is 0.494. The van der Waals surface area contributed by atoms with Crippen LogP contribution in [-0.4, -0.2) is 96.3 Å². The van der Waals surface area contributed by atoms with Crippen LogP contribution in [0.2, 0.25) is 0 Å². The normalized spacial score (nSPS) is 44.2. The van der Waals surface area contributed by atoms with Gasteiger partial charge in [0.2, 0.25) is 0 Å². The summed E-state index contributed by atoms with van der Waals surface area (Å²) in [5.74, 6) is -1.17. The molecule has 3 aliphatic heterocycles. The minimum atomic E-state index is -1.10. The third kappa shape index (κ3) is 6.39. The molecule has 0 aromatic heterocycles. The van der Waals surface area contributed by atoms with E-state index in [2.05, 4.69) is 0 Å². The van der Waals surface area contributed by atoms with Gasteiger partial charge >= 0.3 is 5.97 Å². The highest BCUT2D eigenvalue weighted by Gasteiger charge is 2.50. The SMILES string of the molecule is CC[C@H]1OC(=O)[C@H](C)[C@@H](O)[C@H](C)[C@@H](OC2OC(C)CC(N(C)C)C2O)[C@](C)(OC)CC(C)=C2O[C@]1(C)C=C2C. The van der Waals surface area contributed by atoms with Gasteiger partial charge in [-0.05, 0) is 85.7 Å². The van der Waals surface area contributed by atoms with Crippen molar-refractivity contribution in [3.05, 3.63) is 23.0 Å². The number of rotatable bonds is 5. The van der Waals surface area contributed by atoms with E-state index in [0.29, 0.717) is 19.3 Å². The fourth-order valence-electron chi connectivity index (χ4n) is 6.55. The highest BCUT2D eigenvalue weighted by molar-refractivity contribution is 5.73. The van der Waals surface area contributed by atoms with Crippen LogP contribution in [0.3, 0.4) is 0 Å². The van der Waals surface area contributed by atoms with E-state index in [1.54, 1.807) is 14.0 Å². The largest absolute Gasteiger partial charge is 0.479 e. The molecule has 0 aliphatic carbocycles. The van der Waals surface area contributed by atoms with Crippen molar-refractivity contribution in [1.82, 2.24) is 4.90 Å². The van der Waals surface area contributed by atoms with E-state index in [9.17, 15) is 15.0 Å². The molecule has 3 heterocycles. The molecule has 2 N–H and O–H groups in total. The van der Waals surface area contributed by atoms with Crippen molar-refractivity contribution in [2.45, 2.75) is 129 Å². The summed E-state index contributed by atoms with van der Waals surface area (Å²) in [5, 5.41) is 22.8. The van der Waals surface area contributed by atoms with Crippen LogP contribution in [-0.2, 0) is 28.5 Å². The molecular weight excluding hydrogens is 502 g/mol. The molecule has 3 rings (SSSR count). The molecule has 11 atom stereocenters. The molecule has 0 amide bonds. The monoisotopic (exact) mass is 553 g/mol. The number of allylic oxidation sites excluding steroid dienone is 1. The summed E-state index contributed by atoms with van der Waals surface area (Å²) in [7, 11) is 5.46. The van der Waals surface area contributed by atoms with Gasteiger partial charge in [-0.3, -0.25) is 4.79 Å². The highest BCUT2D eigenvalue weighted by atomic mass is 16.7.